The van der Waals surface area contributed by atoms with Gasteiger partial charge in [-0.25, -0.2) is 13.1 Å². The average molecular weight is 613 g/mol. The smallest absolute Gasteiger partial charge is 0.269 e. The summed E-state index contributed by atoms with van der Waals surface area (Å²) in [7, 11) is -4.23. The number of non-ortho nitro benzene ring substituents is 1. The largest absolute Gasteiger partial charge is 0.494 e. The van der Waals surface area contributed by atoms with Crippen molar-refractivity contribution in [1.82, 2.24) is 15.0 Å². The Kier molecular flexibility index (Phi) is 9.48. The number of sulfonamides is 1. The van der Waals surface area contributed by atoms with E-state index in [0.29, 0.717) is 30.2 Å². The number of fused-ring (bicyclic) bond motifs is 1. The molecule has 11 nitrogen and oxygen atoms in total. The molecule has 2 amide bonds. The highest BCUT2D eigenvalue weighted by Gasteiger charge is 2.20. The summed E-state index contributed by atoms with van der Waals surface area (Å²) in [6.07, 6.45) is 0.874. The molecule has 0 unspecified atom stereocenters. The Bertz CT molecular complexity index is 1730. The number of nitrogens with zero attached hydrogens (tertiary/aromatic N) is 1. The maximum absolute atomic E-state index is 13.1. The van der Waals surface area contributed by atoms with Gasteiger partial charge in [-0.3, -0.25) is 19.7 Å². The Hall–Kier alpha value is -4.42. The second-order valence-corrected chi connectivity index (χ2v) is 11.7. The maximum Gasteiger partial charge on any atom is 0.269 e. The molecule has 0 aliphatic rings. The maximum atomic E-state index is 13.1. The van der Waals surface area contributed by atoms with Crippen molar-refractivity contribution in [2.45, 2.75) is 38.0 Å². The van der Waals surface area contributed by atoms with Crippen molar-refractivity contribution in [2.75, 3.05) is 13.2 Å². The number of carbonyl (C=O) groups is 2. The molecule has 0 bridgehead atoms. The highest BCUT2D eigenvalue weighted by atomic mass is 35.5. The van der Waals surface area contributed by atoms with Crippen molar-refractivity contribution in [2.24, 2.45) is 0 Å². The second-order valence-electron chi connectivity index (χ2n) is 9.63. The van der Waals surface area contributed by atoms with Gasteiger partial charge < -0.3 is 15.0 Å². The van der Waals surface area contributed by atoms with Crippen LogP contribution in [-0.4, -0.2) is 43.3 Å². The van der Waals surface area contributed by atoms with E-state index in [1.165, 1.54) is 0 Å². The number of amides is 2. The molecule has 0 saturated carbocycles. The SMILES string of the molecule is Cc1cc(OCCCc2c(C(=O)NCCC(=O)NS(=O)(=O)c3ccc([N+](=O)[O-])cc3)[nH]c3ccccc23)cc(C)c1Cl. The van der Waals surface area contributed by atoms with E-state index in [0.717, 1.165) is 57.6 Å². The lowest BCUT2D eigenvalue weighted by Gasteiger charge is -2.11. The molecule has 0 atom stereocenters. The minimum Gasteiger partial charge on any atom is -0.494 e. The second kappa shape index (κ2) is 13.0. The summed E-state index contributed by atoms with van der Waals surface area (Å²) in [6, 6.07) is 15.4. The molecule has 4 aromatic rings. The van der Waals surface area contributed by atoms with E-state index in [-0.39, 0.29) is 23.5 Å². The van der Waals surface area contributed by atoms with Crippen molar-refractivity contribution >= 4 is 50.0 Å². The molecule has 1 heterocycles. The minimum atomic E-state index is -4.23. The predicted octanol–water partition coefficient (Wildman–Crippen LogP) is 4.98. The average Bonchev–Trinajstić information content (AvgIpc) is 3.32. The van der Waals surface area contributed by atoms with E-state index in [1.54, 1.807) is 0 Å². The van der Waals surface area contributed by atoms with Gasteiger partial charge in [-0.1, -0.05) is 29.8 Å². The molecule has 0 fully saturated rings. The third-order valence-electron chi connectivity index (χ3n) is 6.53. The lowest BCUT2D eigenvalue weighted by Crippen LogP contribution is -2.34. The first kappa shape index (κ1) is 30.5. The van der Waals surface area contributed by atoms with Crippen LogP contribution in [0.2, 0.25) is 5.02 Å². The third-order valence-corrected chi connectivity index (χ3v) is 8.52. The molecule has 0 aliphatic carbocycles. The normalized spacial score (nSPS) is 11.3. The Labute approximate surface area is 247 Å². The molecule has 220 valence electrons. The Morgan fingerprint density at radius 1 is 1.05 bits per heavy atom. The number of para-hydroxylation sites is 1. The molecule has 1 aromatic heterocycles. The van der Waals surface area contributed by atoms with Crippen LogP contribution >= 0.6 is 11.6 Å². The Morgan fingerprint density at radius 2 is 1.71 bits per heavy atom. The number of rotatable bonds is 12. The quantitative estimate of drug-likeness (QED) is 0.115. The number of benzene rings is 3. The summed E-state index contributed by atoms with van der Waals surface area (Å²) in [5.74, 6) is -0.549. The highest BCUT2D eigenvalue weighted by molar-refractivity contribution is 7.90. The van der Waals surface area contributed by atoms with Crippen molar-refractivity contribution in [3.63, 3.8) is 0 Å². The van der Waals surface area contributed by atoms with Gasteiger partial charge in [-0.05, 0) is 73.7 Å². The van der Waals surface area contributed by atoms with Crippen molar-refractivity contribution in [1.29, 1.82) is 0 Å². The van der Waals surface area contributed by atoms with Crippen LogP contribution in [0, 0.1) is 24.0 Å². The summed E-state index contributed by atoms with van der Waals surface area (Å²) in [5, 5.41) is 15.0. The number of nitro benzene ring substituents is 1. The number of H-pyrrole nitrogens is 1. The number of ether oxygens (including phenoxy) is 1. The monoisotopic (exact) mass is 612 g/mol. The van der Waals surface area contributed by atoms with Crippen molar-refractivity contribution in [3.8, 4) is 5.75 Å². The first-order chi connectivity index (χ1) is 20.0. The van der Waals surface area contributed by atoms with Gasteiger partial charge in [0.1, 0.15) is 11.4 Å². The zero-order valence-corrected chi connectivity index (χ0v) is 24.5. The van der Waals surface area contributed by atoms with Crippen LogP contribution in [0.5, 0.6) is 5.75 Å². The van der Waals surface area contributed by atoms with E-state index < -0.39 is 26.8 Å². The topological polar surface area (TPSA) is 160 Å². The number of hydrogen-bond acceptors (Lipinski definition) is 7. The van der Waals surface area contributed by atoms with Gasteiger partial charge in [-0.2, -0.15) is 0 Å². The summed E-state index contributed by atoms with van der Waals surface area (Å²) in [6.45, 7) is 4.14. The van der Waals surface area contributed by atoms with Crippen LogP contribution in [0.1, 0.15) is 40.0 Å². The number of halogens is 1. The number of aromatic amines is 1. The van der Waals surface area contributed by atoms with Gasteiger partial charge in [0.15, 0.2) is 0 Å². The molecule has 42 heavy (non-hydrogen) atoms. The molecule has 3 aromatic carbocycles. The lowest BCUT2D eigenvalue weighted by molar-refractivity contribution is -0.384. The van der Waals surface area contributed by atoms with Crippen LogP contribution in [0.25, 0.3) is 10.9 Å². The molecule has 13 heteroatoms. The van der Waals surface area contributed by atoms with Crippen LogP contribution in [0.3, 0.4) is 0 Å². The Morgan fingerprint density at radius 3 is 2.38 bits per heavy atom. The van der Waals surface area contributed by atoms with Gasteiger partial charge in [0.2, 0.25) is 5.91 Å². The molecular formula is C29H29ClN4O7S. The van der Waals surface area contributed by atoms with E-state index in [4.69, 9.17) is 16.3 Å². The zero-order valence-electron chi connectivity index (χ0n) is 22.9. The van der Waals surface area contributed by atoms with Gasteiger partial charge >= 0.3 is 0 Å². The summed E-state index contributed by atoms with van der Waals surface area (Å²) >= 11 is 6.24. The first-order valence-corrected chi connectivity index (χ1v) is 14.9. The van der Waals surface area contributed by atoms with Gasteiger partial charge in [0, 0.05) is 41.0 Å². The van der Waals surface area contributed by atoms with Crippen LogP contribution < -0.4 is 14.8 Å². The van der Waals surface area contributed by atoms with E-state index in [1.807, 2.05) is 55.0 Å². The van der Waals surface area contributed by atoms with Crippen molar-refractivity contribution < 1.29 is 27.7 Å². The summed E-state index contributed by atoms with van der Waals surface area (Å²) in [5.41, 5.74) is 3.53. The van der Waals surface area contributed by atoms with Crippen LogP contribution in [0.4, 0.5) is 5.69 Å². The van der Waals surface area contributed by atoms with Gasteiger partial charge in [0.25, 0.3) is 21.6 Å². The number of carbonyl (C=O) groups excluding carboxylic acids is 2. The molecule has 0 aliphatic heterocycles. The standard InChI is InChI=1S/C29H29ClN4O7S/c1-18-16-21(17-19(2)27(18)30)41-15-5-7-24-23-6-3-4-8-25(23)32-28(24)29(36)31-14-13-26(35)33-42(39,40)22-11-9-20(10-12-22)34(37)38/h3-4,6,8-12,16-17,32H,5,7,13-15H2,1-2H3,(H,31,36)(H,33,35). The first-order valence-electron chi connectivity index (χ1n) is 13.0. The van der Waals surface area contributed by atoms with E-state index >= 15 is 0 Å². The number of hydrogen-bond donors (Lipinski definition) is 3. The highest BCUT2D eigenvalue weighted by Crippen LogP contribution is 2.27. The number of aromatic nitrogens is 1. The fourth-order valence-corrected chi connectivity index (χ4v) is 5.59. The molecule has 0 radical (unpaired) electrons. The summed E-state index contributed by atoms with van der Waals surface area (Å²) < 4.78 is 32.7. The Balaban J connectivity index is 1.34. The van der Waals surface area contributed by atoms with Gasteiger partial charge in [0.05, 0.1) is 16.4 Å². The molecule has 0 spiro atoms. The van der Waals surface area contributed by atoms with Gasteiger partial charge in [-0.15, -0.1) is 0 Å². The molecule has 3 N–H and O–H groups in total. The molecule has 4 rings (SSSR count). The number of aryl methyl sites for hydroxylation is 3. The fourth-order valence-electron chi connectivity index (χ4n) is 4.47. The number of nitro groups is 1. The minimum absolute atomic E-state index is 0.117. The number of nitrogens with one attached hydrogen (secondary N) is 3. The van der Waals surface area contributed by atoms with E-state index in [2.05, 4.69) is 10.3 Å². The summed E-state index contributed by atoms with van der Waals surface area (Å²) in [4.78, 5) is 38.4. The zero-order chi connectivity index (χ0) is 30.4. The van der Waals surface area contributed by atoms with Crippen LogP contribution in [-0.2, 0) is 21.2 Å². The third kappa shape index (κ3) is 7.25. The predicted molar refractivity (Wildman–Crippen MR) is 158 cm³/mol. The van der Waals surface area contributed by atoms with E-state index in [9.17, 15) is 28.1 Å². The van der Waals surface area contributed by atoms with Crippen molar-refractivity contribution in [3.05, 3.63) is 98.2 Å². The fraction of sp³-hybridized carbons (Fsp3) is 0.241. The molecular weight excluding hydrogens is 584 g/mol. The lowest BCUT2D eigenvalue weighted by atomic mass is 10.1. The van der Waals surface area contributed by atoms with Crippen LogP contribution in [0.15, 0.2) is 65.6 Å². The molecule has 0 saturated heterocycles.